The largest absolute Gasteiger partial charge is 0.512 e. The molecule has 0 aliphatic heterocycles. The maximum absolute atomic E-state index is 11.5. The van der Waals surface area contributed by atoms with Crippen LogP contribution in [0.1, 0.15) is 58.2 Å². The van der Waals surface area contributed by atoms with Gasteiger partial charge in [-0.2, -0.15) is 0 Å². The van der Waals surface area contributed by atoms with Crippen molar-refractivity contribution in [1.82, 2.24) is 9.97 Å². The molecule has 7 rings (SSSR count). The first-order chi connectivity index (χ1) is 25.6. The molecule has 5 heteroatoms. The maximum Gasteiger partial charge on any atom is 0.164 e. The maximum atomic E-state index is 11.5. The predicted molar refractivity (Wildman–Crippen MR) is 226 cm³/mol. The first-order valence-corrected chi connectivity index (χ1v) is 18.3. The van der Waals surface area contributed by atoms with E-state index >= 15 is 0 Å². The third-order valence-corrected chi connectivity index (χ3v) is 8.95. The van der Waals surface area contributed by atoms with Crippen molar-refractivity contribution in [2.45, 2.75) is 62.3 Å². The Morgan fingerprint density at radius 2 is 1.35 bits per heavy atom. The Hall–Kier alpha value is -5.22. The number of allylic oxidation sites excluding steroid dienone is 2. The zero-order chi connectivity index (χ0) is 39.0. The van der Waals surface area contributed by atoms with Gasteiger partial charge in [0.05, 0.1) is 0 Å². The molecule has 0 atom stereocenters. The van der Waals surface area contributed by atoms with Crippen LogP contribution in [0, 0.1) is 43.7 Å². The average Bonchev–Trinajstić information content (AvgIpc) is 3.14. The van der Waals surface area contributed by atoms with Crippen molar-refractivity contribution < 1.29 is 30.0 Å². The van der Waals surface area contributed by atoms with Crippen LogP contribution in [0.25, 0.3) is 55.2 Å². The molecule has 283 valence electrons. The molecule has 1 N–H and O–H groups in total. The van der Waals surface area contributed by atoms with E-state index in [1.165, 1.54) is 49.9 Å². The van der Waals surface area contributed by atoms with Gasteiger partial charge < -0.3 is 15.1 Å². The molecular weight excluding hydrogens is 853 g/mol. The second-order valence-corrected chi connectivity index (χ2v) is 15.8. The van der Waals surface area contributed by atoms with E-state index in [0.717, 1.165) is 28.1 Å². The molecule has 2 aromatic heterocycles. The molecule has 7 aromatic rings. The number of nitrogens with zero attached hydrogens (tertiary/aromatic N) is 2. The van der Waals surface area contributed by atoms with Gasteiger partial charge in [0, 0.05) is 49.4 Å². The number of rotatable bonds is 4. The topological polar surface area (TPSA) is 63.1 Å². The molecular formula is C50H50IrN2O2-2. The van der Waals surface area contributed by atoms with E-state index in [4.69, 9.17) is 0 Å². The number of hydrogen-bond donors (Lipinski definition) is 1. The van der Waals surface area contributed by atoms with Crippen molar-refractivity contribution in [2.24, 2.45) is 10.8 Å². The van der Waals surface area contributed by atoms with Crippen LogP contribution in [-0.2, 0) is 24.9 Å². The molecule has 0 unspecified atom stereocenters. The fraction of sp³-hybridized carbons (Fsp3) is 0.220. The van der Waals surface area contributed by atoms with Gasteiger partial charge in [0.25, 0.3) is 0 Å². The fourth-order valence-electron chi connectivity index (χ4n) is 5.86. The quantitative estimate of drug-likeness (QED) is 0.0827. The minimum absolute atomic E-state index is 0. The van der Waals surface area contributed by atoms with Crippen molar-refractivity contribution in [3.05, 3.63) is 168 Å². The smallest absolute Gasteiger partial charge is 0.164 e. The summed E-state index contributed by atoms with van der Waals surface area (Å²) < 4.78 is 0. The van der Waals surface area contributed by atoms with E-state index in [1.54, 1.807) is 6.20 Å². The molecule has 5 aromatic carbocycles. The second kappa shape index (κ2) is 18.4. The number of pyridine rings is 2. The van der Waals surface area contributed by atoms with Gasteiger partial charge in [0.1, 0.15) is 5.76 Å². The van der Waals surface area contributed by atoms with E-state index < -0.39 is 5.41 Å². The van der Waals surface area contributed by atoms with Crippen LogP contribution < -0.4 is 0 Å². The Balaban J connectivity index is 0.000000190. The molecule has 2 heterocycles. The fourth-order valence-corrected chi connectivity index (χ4v) is 5.86. The number of aromatic nitrogens is 2. The zero-order valence-corrected chi connectivity index (χ0v) is 35.7. The summed E-state index contributed by atoms with van der Waals surface area (Å²) in [6.45, 7) is 17.4. The van der Waals surface area contributed by atoms with Crippen LogP contribution in [0.15, 0.2) is 139 Å². The van der Waals surface area contributed by atoms with Gasteiger partial charge in [0.15, 0.2) is 5.78 Å². The van der Waals surface area contributed by atoms with Crippen LogP contribution in [0.3, 0.4) is 0 Å². The average molecular weight is 903 g/mol. The molecule has 0 spiro atoms. The van der Waals surface area contributed by atoms with Gasteiger partial charge in [-0.3, -0.25) is 4.79 Å². The standard InChI is InChI=1S/C22H18N.C17H12N.C11H20O2.Ir/c1-14-4-6-19-17(11-14)5-7-21-20(19)8-9-23-22(21)18-12-15(2)10-16(3)13-18;1-2-7-14(8-3-1)15-9-6-10-16(13-15)17-11-4-5-12-18-17;1-10(2,3)8(12)7-9(13)11(4,5)6;/h4-12H,1-3H3;1-9,11-13H;7,12H,1-6H3;/q2*-1;;/b;;8-7-;. The van der Waals surface area contributed by atoms with E-state index in [1.807, 2.05) is 90.2 Å². The second-order valence-electron chi connectivity index (χ2n) is 15.8. The van der Waals surface area contributed by atoms with Crippen molar-refractivity contribution in [2.75, 3.05) is 0 Å². The van der Waals surface area contributed by atoms with E-state index in [9.17, 15) is 9.90 Å². The number of aryl methyl sites for hydroxylation is 3. The van der Waals surface area contributed by atoms with Crippen LogP contribution >= 0.6 is 0 Å². The zero-order valence-electron chi connectivity index (χ0n) is 33.3. The minimum atomic E-state index is -0.417. The number of benzene rings is 5. The number of carbonyl (C=O) groups excluding carboxylic acids is 1. The Bertz CT molecular complexity index is 2330. The van der Waals surface area contributed by atoms with Gasteiger partial charge in [-0.1, -0.05) is 134 Å². The monoisotopic (exact) mass is 903 g/mol. The number of carbonyl (C=O) groups is 1. The van der Waals surface area contributed by atoms with Crippen molar-refractivity contribution in [1.29, 1.82) is 0 Å². The van der Waals surface area contributed by atoms with Gasteiger partial charge in [-0.05, 0) is 57.6 Å². The van der Waals surface area contributed by atoms with Crippen LogP contribution in [0.5, 0.6) is 0 Å². The van der Waals surface area contributed by atoms with Gasteiger partial charge in [-0.15, -0.1) is 70.3 Å². The predicted octanol–water partition coefficient (Wildman–Crippen LogP) is 13.1. The third kappa shape index (κ3) is 11.4. The summed E-state index contributed by atoms with van der Waals surface area (Å²) in [5.74, 6) is 0.104. The first kappa shape index (κ1) is 42.5. The van der Waals surface area contributed by atoms with E-state index in [2.05, 4.69) is 116 Å². The molecule has 1 radical (unpaired) electrons. The van der Waals surface area contributed by atoms with Crippen LogP contribution in [-0.4, -0.2) is 20.9 Å². The number of hydrogen-bond acceptors (Lipinski definition) is 4. The Morgan fingerprint density at radius 3 is 2.00 bits per heavy atom. The van der Waals surface area contributed by atoms with Crippen molar-refractivity contribution >= 4 is 27.3 Å². The number of aliphatic hydroxyl groups excluding tert-OH is 1. The molecule has 4 nitrogen and oxygen atoms in total. The molecule has 0 saturated carbocycles. The van der Waals surface area contributed by atoms with Crippen LogP contribution in [0.4, 0.5) is 0 Å². The SMILES string of the molecule is CC(C)(C)C(=O)/C=C(\O)C(C)(C)C.Cc1[c-]c(-c2nccc3c2ccc2cc(C)ccc23)cc(C)c1.[Ir].[c-]1ccc(-c2ccccc2)cc1-c1ccccn1. The minimum Gasteiger partial charge on any atom is -0.512 e. The van der Waals surface area contributed by atoms with Crippen LogP contribution in [0.2, 0.25) is 0 Å². The summed E-state index contributed by atoms with van der Waals surface area (Å²) in [5, 5.41) is 14.6. The third-order valence-electron chi connectivity index (χ3n) is 8.95. The van der Waals surface area contributed by atoms with E-state index in [-0.39, 0.29) is 37.1 Å². The normalized spacial score (nSPS) is 11.5. The molecule has 0 bridgehead atoms. The van der Waals surface area contributed by atoms with Gasteiger partial charge in [0.2, 0.25) is 0 Å². The van der Waals surface area contributed by atoms with Gasteiger partial charge >= 0.3 is 0 Å². The van der Waals surface area contributed by atoms with Gasteiger partial charge in [-0.25, -0.2) is 0 Å². The Kier molecular flexibility index (Phi) is 14.2. The summed E-state index contributed by atoms with van der Waals surface area (Å²) in [6.07, 6.45) is 5.04. The number of aliphatic hydroxyl groups is 1. The first-order valence-electron chi connectivity index (χ1n) is 18.3. The number of ketones is 1. The summed E-state index contributed by atoms with van der Waals surface area (Å²) in [4.78, 5) is 20.5. The molecule has 0 aliphatic rings. The summed E-state index contributed by atoms with van der Waals surface area (Å²) in [7, 11) is 0. The summed E-state index contributed by atoms with van der Waals surface area (Å²) in [5.41, 5.74) is 9.37. The summed E-state index contributed by atoms with van der Waals surface area (Å²) in [6, 6.07) is 46.5. The molecule has 0 aliphatic carbocycles. The van der Waals surface area contributed by atoms with E-state index in [0.29, 0.717) is 0 Å². The van der Waals surface area contributed by atoms with Crippen molar-refractivity contribution in [3.63, 3.8) is 0 Å². The van der Waals surface area contributed by atoms with Crippen molar-refractivity contribution in [3.8, 4) is 33.6 Å². The molecule has 0 saturated heterocycles. The Morgan fingerprint density at radius 1 is 0.636 bits per heavy atom. The Labute approximate surface area is 340 Å². The number of fused-ring (bicyclic) bond motifs is 3. The molecule has 55 heavy (non-hydrogen) atoms. The summed E-state index contributed by atoms with van der Waals surface area (Å²) >= 11 is 0. The molecule has 0 fully saturated rings. The molecule has 0 amide bonds.